The molecular weight excluding hydrogens is 196 g/mol. The van der Waals surface area contributed by atoms with E-state index in [0.717, 1.165) is 0 Å². The maximum absolute atomic E-state index is 9.63. The average Bonchev–Trinajstić information content (AvgIpc) is 2.28. The Bertz CT molecular complexity index is 346. The maximum Gasteiger partial charge on any atom is 0.232 e. The summed E-state index contributed by atoms with van der Waals surface area (Å²) >= 11 is 0. The molecule has 0 fully saturated rings. The number of nitrogens with zero attached hydrogens (tertiary/aromatic N) is 3. The summed E-state index contributed by atoms with van der Waals surface area (Å²) in [5.41, 5.74) is 0.386. The van der Waals surface area contributed by atoms with Gasteiger partial charge in [-0.3, -0.25) is 0 Å². The van der Waals surface area contributed by atoms with Crippen molar-refractivity contribution in [3.05, 3.63) is 23.8 Å². The van der Waals surface area contributed by atoms with Crippen LogP contribution >= 0.6 is 0 Å². The quantitative estimate of drug-likeness (QED) is 0.584. The van der Waals surface area contributed by atoms with Gasteiger partial charge in [0.2, 0.25) is 5.82 Å². The third-order valence-corrected chi connectivity index (χ3v) is 1.89. The van der Waals surface area contributed by atoms with Gasteiger partial charge in [0.1, 0.15) is 12.2 Å². The molecule has 15 heavy (non-hydrogen) atoms. The van der Waals surface area contributed by atoms with Crippen LogP contribution in [0.2, 0.25) is 0 Å². The lowest BCUT2D eigenvalue weighted by Gasteiger charge is -2.16. The zero-order valence-corrected chi connectivity index (χ0v) is 8.25. The largest absolute Gasteiger partial charge is 0.389 e. The van der Waals surface area contributed by atoms with Crippen molar-refractivity contribution in [3.63, 3.8) is 0 Å². The van der Waals surface area contributed by atoms with Crippen LogP contribution in [-0.2, 0) is 0 Å². The molecule has 6 nitrogen and oxygen atoms in total. The molecule has 0 amide bonds. The highest BCUT2D eigenvalue weighted by Crippen LogP contribution is 2.14. The Morgan fingerprint density at radius 1 is 1.47 bits per heavy atom. The van der Waals surface area contributed by atoms with Crippen LogP contribution in [0.25, 0.3) is 0 Å². The summed E-state index contributed by atoms with van der Waals surface area (Å²) in [6, 6.07) is 1.77. The smallest absolute Gasteiger partial charge is 0.232 e. The number of nitrogens with one attached hydrogen (secondary N) is 1. The first-order valence-electron chi connectivity index (χ1n) is 4.41. The maximum atomic E-state index is 9.63. The molecule has 1 aromatic rings. The number of aromatic nitrogens is 2. The van der Waals surface area contributed by atoms with Crippen LogP contribution in [0.15, 0.2) is 12.4 Å². The van der Waals surface area contributed by atoms with E-state index in [-0.39, 0.29) is 12.4 Å². The summed E-state index contributed by atoms with van der Waals surface area (Å²) in [6.07, 6.45) is 0.682. The van der Waals surface area contributed by atoms with Gasteiger partial charge in [0.15, 0.2) is 0 Å². The predicted molar refractivity (Wildman–Crippen MR) is 51.6 cm³/mol. The molecule has 0 radical (unpaired) electrons. The normalized spacial score (nSPS) is 14.3. The minimum absolute atomic E-state index is 0.0362. The van der Waals surface area contributed by atoms with E-state index in [0.29, 0.717) is 5.56 Å². The minimum Gasteiger partial charge on any atom is -0.389 e. The Hall–Kier alpha value is -1.55. The van der Waals surface area contributed by atoms with Crippen molar-refractivity contribution in [2.75, 3.05) is 13.6 Å². The van der Waals surface area contributed by atoms with Gasteiger partial charge in [-0.15, -0.1) is 0 Å². The Kier molecular flexibility index (Phi) is 4.12. The first-order valence-corrected chi connectivity index (χ1v) is 4.41. The Morgan fingerprint density at radius 2 is 2.07 bits per heavy atom. The lowest BCUT2D eigenvalue weighted by molar-refractivity contribution is 0.0198. The van der Waals surface area contributed by atoms with Gasteiger partial charge in [-0.25, -0.2) is 9.97 Å². The lowest BCUT2D eigenvalue weighted by atomic mass is 10.1. The molecule has 0 aliphatic rings. The van der Waals surface area contributed by atoms with E-state index in [4.69, 9.17) is 5.26 Å². The Labute approximate surface area is 87.2 Å². The zero-order valence-electron chi connectivity index (χ0n) is 8.25. The number of likely N-dealkylation sites (N-methyl/N-ethyl adjacent to an activating group) is 1. The van der Waals surface area contributed by atoms with Crippen LogP contribution in [0, 0.1) is 11.3 Å². The second-order valence-corrected chi connectivity index (χ2v) is 3.02. The SMILES string of the molecule is CNCC(O)C(O)c1cnc(C#N)nc1. The van der Waals surface area contributed by atoms with Gasteiger partial charge in [0, 0.05) is 24.5 Å². The van der Waals surface area contributed by atoms with Crippen LogP contribution < -0.4 is 5.32 Å². The molecule has 0 spiro atoms. The van der Waals surface area contributed by atoms with Gasteiger partial charge >= 0.3 is 0 Å². The highest BCUT2D eigenvalue weighted by molar-refractivity contribution is 5.15. The van der Waals surface area contributed by atoms with Crippen molar-refractivity contribution in [2.45, 2.75) is 12.2 Å². The highest BCUT2D eigenvalue weighted by atomic mass is 16.3. The van der Waals surface area contributed by atoms with Gasteiger partial charge in [0.25, 0.3) is 0 Å². The van der Waals surface area contributed by atoms with Crippen LogP contribution in [-0.4, -0.2) is 39.9 Å². The fourth-order valence-electron chi connectivity index (χ4n) is 1.09. The molecule has 1 rings (SSSR count). The molecule has 80 valence electrons. The first kappa shape index (κ1) is 11.5. The summed E-state index contributed by atoms with van der Waals surface area (Å²) in [6.45, 7) is 0.265. The highest BCUT2D eigenvalue weighted by Gasteiger charge is 2.18. The zero-order chi connectivity index (χ0) is 11.3. The topological polar surface area (TPSA) is 102 Å². The summed E-state index contributed by atoms with van der Waals surface area (Å²) in [5.74, 6) is 0.0362. The van der Waals surface area contributed by atoms with Crippen molar-refractivity contribution in [1.29, 1.82) is 5.26 Å². The third kappa shape index (κ3) is 2.95. The van der Waals surface area contributed by atoms with Crippen LogP contribution in [0.1, 0.15) is 17.5 Å². The fourth-order valence-corrected chi connectivity index (χ4v) is 1.09. The lowest BCUT2D eigenvalue weighted by Crippen LogP contribution is -2.29. The number of aliphatic hydroxyl groups is 2. The number of hydrogen-bond acceptors (Lipinski definition) is 6. The summed E-state index contributed by atoms with van der Waals surface area (Å²) in [5, 5.41) is 30.3. The van der Waals surface area contributed by atoms with Gasteiger partial charge in [0.05, 0.1) is 6.10 Å². The average molecular weight is 208 g/mol. The number of hydrogen-bond donors (Lipinski definition) is 3. The number of aliphatic hydroxyl groups excluding tert-OH is 2. The molecule has 2 atom stereocenters. The minimum atomic E-state index is -1.05. The molecule has 3 N–H and O–H groups in total. The van der Waals surface area contributed by atoms with Crippen molar-refractivity contribution in [2.24, 2.45) is 0 Å². The van der Waals surface area contributed by atoms with E-state index >= 15 is 0 Å². The van der Waals surface area contributed by atoms with E-state index in [1.807, 2.05) is 0 Å². The first-order chi connectivity index (χ1) is 7.19. The van der Waals surface area contributed by atoms with Crippen molar-refractivity contribution >= 4 is 0 Å². The van der Waals surface area contributed by atoms with E-state index in [1.165, 1.54) is 12.4 Å². The summed E-state index contributed by atoms with van der Waals surface area (Å²) in [7, 11) is 1.67. The van der Waals surface area contributed by atoms with Crippen molar-refractivity contribution in [1.82, 2.24) is 15.3 Å². The predicted octanol–water partition coefficient (Wildman–Crippen LogP) is -1.04. The molecular formula is C9H12N4O2. The summed E-state index contributed by atoms with van der Waals surface area (Å²) in [4.78, 5) is 7.39. The molecule has 0 aliphatic carbocycles. The molecule has 0 bridgehead atoms. The molecule has 6 heteroatoms. The van der Waals surface area contributed by atoms with Crippen molar-refractivity contribution < 1.29 is 10.2 Å². The molecule has 0 saturated heterocycles. The van der Waals surface area contributed by atoms with Crippen LogP contribution in [0.4, 0.5) is 0 Å². The van der Waals surface area contributed by atoms with Gasteiger partial charge in [-0.2, -0.15) is 5.26 Å². The van der Waals surface area contributed by atoms with E-state index < -0.39 is 12.2 Å². The molecule has 0 saturated carbocycles. The van der Waals surface area contributed by atoms with Gasteiger partial charge in [-0.1, -0.05) is 0 Å². The second-order valence-electron chi connectivity index (χ2n) is 3.02. The van der Waals surface area contributed by atoms with E-state index in [9.17, 15) is 10.2 Å². The molecule has 1 aromatic heterocycles. The van der Waals surface area contributed by atoms with Gasteiger partial charge in [-0.05, 0) is 7.05 Å². The summed E-state index contributed by atoms with van der Waals surface area (Å²) < 4.78 is 0. The second kappa shape index (κ2) is 5.36. The Balaban J connectivity index is 2.74. The third-order valence-electron chi connectivity index (χ3n) is 1.89. The van der Waals surface area contributed by atoms with Crippen LogP contribution in [0.5, 0.6) is 0 Å². The van der Waals surface area contributed by atoms with E-state index in [1.54, 1.807) is 13.1 Å². The van der Waals surface area contributed by atoms with Crippen LogP contribution in [0.3, 0.4) is 0 Å². The van der Waals surface area contributed by atoms with E-state index in [2.05, 4.69) is 15.3 Å². The fraction of sp³-hybridized carbons (Fsp3) is 0.444. The number of rotatable bonds is 4. The van der Waals surface area contributed by atoms with Gasteiger partial charge < -0.3 is 15.5 Å². The molecule has 0 aliphatic heterocycles. The monoisotopic (exact) mass is 208 g/mol. The van der Waals surface area contributed by atoms with Crippen molar-refractivity contribution in [3.8, 4) is 6.07 Å². The molecule has 0 aromatic carbocycles. The Morgan fingerprint density at radius 3 is 2.53 bits per heavy atom. The molecule has 2 unspecified atom stereocenters. The molecule has 1 heterocycles. The number of nitriles is 1. The standard InChI is InChI=1S/C9H12N4O2/c1-11-5-7(14)9(15)6-3-12-8(2-10)13-4-6/h3-4,7,9,11,14-15H,5H2,1H3.